The van der Waals surface area contributed by atoms with Crippen LogP contribution < -0.4 is 10.6 Å². The molecule has 1 aliphatic rings. The number of benzene rings is 1. The number of amides is 2. The Balaban J connectivity index is 1.70. The molecule has 1 aromatic rings. The molecule has 2 N–H and O–H groups in total. The zero-order valence-electron chi connectivity index (χ0n) is 14.0. The number of nitrogens with one attached hydrogen (secondary N) is 2. The molecule has 2 rings (SSSR count). The lowest BCUT2D eigenvalue weighted by molar-refractivity contribution is -0.139. The molecule has 1 aliphatic heterocycles. The molecule has 1 heterocycles. The minimum absolute atomic E-state index is 0.0966. The van der Waals surface area contributed by atoms with Gasteiger partial charge in [0, 0.05) is 32.2 Å². The molecule has 1 fully saturated rings. The van der Waals surface area contributed by atoms with Gasteiger partial charge in [-0.3, -0.25) is 14.5 Å². The Bertz CT molecular complexity index is 508. The second-order valence-corrected chi connectivity index (χ2v) is 6.61. The van der Waals surface area contributed by atoms with Crippen LogP contribution in [0, 0.1) is 5.92 Å². The van der Waals surface area contributed by atoms with Crippen molar-refractivity contribution in [2.45, 2.75) is 39.3 Å². The Kier molecular flexibility index (Phi) is 6.59. The minimum Gasteiger partial charge on any atom is -0.348 e. The summed E-state index contributed by atoms with van der Waals surface area (Å²) in [6.07, 6.45) is 1.77. The van der Waals surface area contributed by atoms with E-state index >= 15 is 0 Å². The number of rotatable bonds is 5. The Morgan fingerprint density at radius 1 is 1.13 bits per heavy atom. The zero-order chi connectivity index (χ0) is 16.7. The van der Waals surface area contributed by atoms with Gasteiger partial charge < -0.3 is 10.6 Å². The molecular weight excluding hydrogens is 290 g/mol. The standard InChI is InChI=1S/C18H27N3O2/c1-14(2)12-19-17(22)18(23)20-16-8-10-21(11-9-16)13-15-6-4-3-5-7-15/h3-7,14,16H,8-13H2,1-2H3,(H,19,22)(H,20,23). The number of piperidine rings is 1. The van der Waals surface area contributed by atoms with Crippen LogP contribution in [0.1, 0.15) is 32.3 Å². The number of nitrogens with zero attached hydrogens (tertiary/aromatic N) is 1. The lowest BCUT2D eigenvalue weighted by Gasteiger charge is -2.32. The van der Waals surface area contributed by atoms with Crippen molar-refractivity contribution in [3.8, 4) is 0 Å². The molecule has 2 amide bonds. The monoisotopic (exact) mass is 317 g/mol. The predicted octanol–water partition coefficient (Wildman–Crippen LogP) is 1.54. The highest BCUT2D eigenvalue weighted by atomic mass is 16.2. The summed E-state index contributed by atoms with van der Waals surface area (Å²) in [6.45, 7) is 7.35. The predicted molar refractivity (Wildman–Crippen MR) is 90.7 cm³/mol. The molecule has 23 heavy (non-hydrogen) atoms. The number of hydrogen-bond donors (Lipinski definition) is 2. The Morgan fingerprint density at radius 3 is 2.39 bits per heavy atom. The van der Waals surface area contributed by atoms with Gasteiger partial charge in [0.05, 0.1) is 0 Å². The van der Waals surface area contributed by atoms with E-state index in [1.54, 1.807) is 0 Å². The largest absolute Gasteiger partial charge is 0.348 e. The second-order valence-electron chi connectivity index (χ2n) is 6.61. The van der Waals surface area contributed by atoms with E-state index in [1.165, 1.54) is 5.56 Å². The summed E-state index contributed by atoms with van der Waals surface area (Å²) in [6, 6.07) is 10.5. The molecule has 0 aromatic heterocycles. The van der Waals surface area contributed by atoms with E-state index in [-0.39, 0.29) is 6.04 Å². The second kappa shape index (κ2) is 8.67. The van der Waals surface area contributed by atoms with Crippen molar-refractivity contribution in [3.05, 3.63) is 35.9 Å². The molecule has 0 radical (unpaired) electrons. The topological polar surface area (TPSA) is 61.4 Å². The van der Waals surface area contributed by atoms with E-state index in [0.717, 1.165) is 32.5 Å². The molecule has 0 spiro atoms. The first-order valence-corrected chi connectivity index (χ1v) is 8.39. The number of carbonyl (C=O) groups is 2. The lowest BCUT2D eigenvalue weighted by Crippen LogP contribution is -2.49. The molecule has 0 aliphatic carbocycles. The van der Waals surface area contributed by atoms with Crippen LogP contribution in [-0.4, -0.2) is 42.4 Å². The first-order chi connectivity index (χ1) is 11.0. The van der Waals surface area contributed by atoms with Gasteiger partial charge in [-0.05, 0) is 24.3 Å². The van der Waals surface area contributed by atoms with Gasteiger partial charge in [0.2, 0.25) is 0 Å². The van der Waals surface area contributed by atoms with Crippen LogP contribution in [-0.2, 0) is 16.1 Å². The molecule has 5 heteroatoms. The third-order valence-electron chi connectivity index (χ3n) is 4.05. The van der Waals surface area contributed by atoms with E-state index in [2.05, 4.69) is 39.8 Å². The summed E-state index contributed by atoms with van der Waals surface area (Å²) < 4.78 is 0. The van der Waals surface area contributed by atoms with E-state index in [4.69, 9.17) is 0 Å². The van der Waals surface area contributed by atoms with Crippen LogP contribution in [0.3, 0.4) is 0 Å². The van der Waals surface area contributed by atoms with Crippen molar-refractivity contribution in [2.24, 2.45) is 5.92 Å². The summed E-state index contributed by atoms with van der Waals surface area (Å²) in [7, 11) is 0. The quantitative estimate of drug-likeness (QED) is 0.810. The highest BCUT2D eigenvalue weighted by Gasteiger charge is 2.23. The summed E-state index contributed by atoms with van der Waals surface area (Å²) in [5, 5.41) is 5.50. The van der Waals surface area contributed by atoms with Gasteiger partial charge in [0.15, 0.2) is 0 Å². The SMILES string of the molecule is CC(C)CNC(=O)C(=O)NC1CCN(Cc2ccccc2)CC1. The van der Waals surface area contributed by atoms with E-state index in [0.29, 0.717) is 12.5 Å². The summed E-state index contributed by atoms with van der Waals surface area (Å²) in [5.74, 6) is -0.689. The average molecular weight is 317 g/mol. The molecule has 1 aromatic carbocycles. The van der Waals surface area contributed by atoms with Gasteiger partial charge >= 0.3 is 11.8 Å². The molecule has 126 valence electrons. The van der Waals surface area contributed by atoms with Crippen molar-refractivity contribution < 1.29 is 9.59 Å². The highest BCUT2D eigenvalue weighted by Crippen LogP contribution is 2.13. The van der Waals surface area contributed by atoms with Crippen molar-refractivity contribution in [1.82, 2.24) is 15.5 Å². The van der Waals surface area contributed by atoms with Crippen LogP contribution in [0.25, 0.3) is 0 Å². The lowest BCUT2D eigenvalue weighted by atomic mass is 10.0. The number of likely N-dealkylation sites (tertiary alicyclic amines) is 1. The van der Waals surface area contributed by atoms with Gasteiger partial charge in [-0.1, -0.05) is 44.2 Å². The summed E-state index contributed by atoms with van der Waals surface area (Å²) in [5.41, 5.74) is 1.31. The van der Waals surface area contributed by atoms with Gasteiger partial charge in [0.25, 0.3) is 0 Å². The maximum absolute atomic E-state index is 11.9. The fraction of sp³-hybridized carbons (Fsp3) is 0.556. The summed E-state index contributed by atoms with van der Waals surface area (Å²) >= 11 is 0. The van der Waals surface area contributed by atoms with Gasteiger partial charge in [-0.2, -0.15) is 0 Å². The van der Waals surface area contributed by atoms with Crippen molar-refractivity contribution >= 4 is 11.8 Å². The van der Waals surface area contributed by atoms with Crippen LogP contribution in [0.2, 0.25) is 0 Å². The molecule has 0 atom stereocenters. The first-order valence-electron chi connectivity index (χ1n) is 8.39. The van der Waals surface area contributed by atoms with E-state index < -0.39 is 11.8 Å². The Morgan fingerprint density at radius 2 is 1.78 bits per heavy atom. The molecular formula is C18H27N3O2. The maximum atomic E-state index is 11.9. The van der Waals surface area contributed by atoms with Crippen LogP contribution >= 0.6 is 0 Å². The third kappa shape index (κ3) is 6.02. The maximum Gasteiger partial charge on any atom is 0.309 e. The molecule has 1 saturated heterocycles. The van der Waals surface area contributed by atoms with Gasteiger partial charge in [-0.15, -0.1) is 0 Å². The normalized spacial score (nSPS) is 16.3. The number of carbonyl (C=O) groups excluding carboxylic acids is 2. The summed E-state index contributed by atoms with van der Waals surface area (Å²) in [4.78, 5) is 25.9. The zero-order valence-corrected chi connectivity index (χ0v) is 14.0. The number of hydrogen-bond acceptors (Lipinski definition) is 3. The van der Waals surface area contributed by atoms with Crippen molar-refractivity contribution in [3.63, 3.8) is 0 Å². The minimum atomic E-state index is -0.523. The average Bonchev–Trinajstić information content (AvgIpc) is 2.55. The first kappa shape index (κ1) is 17.5. The van der Waals surface area contributed by atoms with Crippen LogP contribution in [0.15, 0.2) is 30.3 Å². The van der Waals surface area contributed by atoms with Crippen LogP contribution in [0.5, 0.6) is 0 Å². The van der Waals surface area contributed by atoms with Gasteiger partial charge in [0.1, 0.15) is 0 Å². The Labute approximate surface area is 138 Å². The smallest absolute Gasteiger partial charge is 0.309 e. The molecule has 0 saturated carbocycles. The molecule has 0 unspecified atom stereocenters. The van der Waals surface area contributed by atoms with Gasteiger partial charge in [-0.25, -0.2) is 0 Å². The highest BCUT2D eigenvalue weighted by molar-refractivity contribution is 6.35. The third-order valence-corrected chi connectivity index (χ3v) is 4.05. The molecule has 5 nitrogen and oxygen atoms in total. The van der Waals surface area contributed by atoms with Crippen molar-refractivity contribution in [2.75, 3.05) is 19.6 Å². The Hall–Kier alpha value is -1.88. The van der Waals surface area contributed by atoms with E-state index in [9.17, 15) is 9.59 Å². The fourth-order valence-electron chi connectivity index (χ4n) is 2.71. The fourth-order valence-corrected chi connectivity index (χ4v) is 2.71. The van der Waals surface area contributed by atoms with Crippen LogP contribution in [0.4, 0.5) is 0 Å². The van der Waals surface area contributed by atoms with E-state index in [1.807, 2.05) is 19.9 Å². The van der Waals surface area contributed by atoms with Crippen molar-refractivity contribution in [1.29, 1.82) is 0 Å². The molecule has 0 bridgehead atoms.